The summed E-state index contributed by atoms with van der Waals surface area (Å²) in [6, 6.07) is 5.80. The molecule has 0 saturated heterocycles. The molecule has 0 saturated carbocycles. The number of imidazole rings is 1. The Morgan fingerprint density at radius 1 is 1.18 bits per heavy atom. The van der Waals surface area contributed by atoms with E-state index in [1.54, 1.807) is 24.6 Å². The fraction of sp³-hybridized carbons (Fsp3) is 0.250. The van der Waals surface area contributed by atoms with E-state index in [2.05, 4.69) is 25.6 Å². The first-order valence-corrected chi connectivity index (χ1v) is 10.2. The number of aryl methyl sites for hydroxylation is 1. The first-order chi connectivity index (χ1) is 10.0. The van der Waals surface area contributed by atoms with E-state index >= 15 is 0 Å². The van der Waals surface area contributed by atoms with Gasteiger partial charge in [0.1, 0.15) is 10.4 Å². The van der Waals surface area contributed by atoms with Crippen molar-refractivity contribution in [3.8, 4) is 0 Å². The topological polar surface area (TPSA) is 98.1 Å². The lowest BCUT2D eigenvalue weighted by Gasteiger charge is -2.10. The van der Waals surface area contributed by atoms with Gasteiger partial charge in [-0.2, -0.15) is 8.42 Å². The van der Waals surface area contributed by atoms with E-state index in [1.807, 2.05) is 0 Å². The van der Waals surface area contributed by atoms with Crippen molar-refractivity contribution in [3.63, 3.8) is 0 Å². The van der Waals surface area contributed by atoms with Crippen LogP contribution in [0.4, 0.5) is 5.69 Å². The average molecular weight is 408 g/mol. The highest BCUT2D eigenvalue weighted by Gasteiger charge is 2.25. The smallest absolute Gasteiger partial charge is 0.282 e. The maximum absolute atomic E-state index is 12.5. The number of hydrogen-bond donors (Lipinski definition) is 1. The Labute approximate surface area is 137 Å². The Morgan fingerprint density at radius 2 is 1.77 bits per heavy atom. The molecule has 0 aliphatic rings. The van der Waals surface area contributed by atoms with Crippen LogP contribution in [0.3, 0.4) is 0 Å². The normalized spacial score (nSPS) is 12.4. The van der Waals surface area contributed by atoms with Crippen LogP contribution in [0.25, 0.3) is 0 Å². The number of nitrogens with zero attached hydrogens (tertiary/aromatic N) is 2. The number of benzene rings is 1. The van der Waals surface area contributed by atoms with Crippen LogP contribution in [0, 0.1) is 6.92 Å². The Bertz CT molecular complexity index is 933. The standard InChI is InChI=1S/C12H14BrN3O4S2/c1-8-14-12(11(13)16(8)2)22(19,20)15-9-6-4-5-7-10(9)21(3,17)18/h4-7,15H,1-3H3. The first kappa shape index (κ1) is 17.0. The van der Waals surface area contributed by atoms with Crippen molar-refractivity contribution in [1.29, 1.82) is 0 Å². The number of halogens is 1. The Morgan fingerprint density at radius 3 is 2.27 bits per heavy atom. The summed E-state index contributed by atoms with van der Waals surface area (Å²) in [5.74, 6) is 0.503. The number of hydrogen-bond acceptors (Lipinski definition) is 5. The molecular formula is C12H14BrN3O4S2. The van der Waals surface area contributed by atoms with Gasteiger partial charge in [-0.3, -0.25) is 4.72 Å². The monoisotopic (exact) mass is 407 g/mol. The summed E-state index contributed by atoms with van der Waals surface area (Å²) in [6.07, 6.45) is 1.01. The van der Waals surface area contributed by atoms with E-state index in [-0.39, 0.29) is 20.2 Å². The summed E-state index contributed by atoms with van der Waals surface area (Å²) >= 11 is 3.17. The zero-order chi connectivity index (χ0) is 16.7. The molecule has 0 spiro atoms. The minimum atomic E-state index is -4.02. The number of para-hydroxylation sites is 1. The lowest BCUT2D eigenvalue weighted by molar-refractivity contribution is 0.597. The molecule has 0 aliphatic heterocycles. The maximum Gasteiger partial charge on any atom is 0.282 e. The van der Waals surface area contributed by atoms with Crippen molar-refractivity contribution >= 4 is 41.5 Å². The second kappa shape index (κ2) is 5.67. The van der Waals surface area contributed by atoms with Gasteiger partial charge in [-0.25, -0.2) is 13.4 Å². The van der Waals surface area contributed by atoms with Gasteiger partial charge in [-0.1, -0.05) is 12.1 Å². The molecule has 0 amide bonds. The fourth-order valence-electron chi connectivity index (χ4n) is 1.79. The quantitative estimate of drug-likeness (QED) is 0.831. The molecule has 0 unspecified atom stereocenters. The zero-order valence-electron chi connectivity index (χ0n) is 12.0. The summed E-state index contributed by atoms with van der Waals surface area (Å²) < 4.78 is 52.5. The average Bonchev–Trinajstić information content (AvgIpc) is 2.66. The molecule has 1 aromatic heterocycles. The molecule has 1 heterocycles. The molecule has 0 fully saturated rings. The number of rotatable bonds is 4. The van der Waals surface area contributed by atoms with Gasteiger partial charge in [0.2, 0.25) is 5.03 Å². The molecule has 2 aromatic rings. The van der Waals surface area contributed by atoms with Crippen molar-refractivity contribution in [2.24, 2.45) is 7.05 Å². The molecule has 0 atom stereocenters. The van der Waals surface area contributed by atoms with Crippen LogP contribution in [0.15, 0.2) is 38.8 Å². The van der Waals surface area contributed by atoms with Crippen LogP contribution in [-0.2, 0) is 26.9 Å². The number of anilines is 1. The molecule has 2 rings (SSSR count). The summed E-state index contributed by atoms with van der Waals surface area (Å²) in [7, 11) is -5.92. The maximum atomic E-state index is 12.5. The molecule has 22 heavy (non-hydrogen) atoms. The third kappa shape index (κ3) is 3.18. The van der Waals surface area contributed by atoms with Gasteiger partial charge >= 0.3 is 0 Å². The molecule has 0 radical (unpaired) electrons. The number of sulfone groups is 1. The van der Waals surface area contributed by atoms with E-state index < -0.39 is 19.9 Å². The van der Waals surface area contributed by atoms with Gasteiger partial charge in [0, 0.05) is 13.3 Å². The van der Waals surface area contributed by atoms with E-state index in [4.69, 9.17) is 0 Å². The van der Waals surface area contributed by atoms with E-state index in [1.165, 1.54) is 18.2 Å². The van der Waals surface area contributed by atoms with Crippen LogP contribution < -0.4 is 4.72 Å². The molecular weight excluding hydrogens is 394 g/mol. The van der Waals surface area contributed by atoms with Gasteiger partial charge in [-0.15, -0.1) is 0 Å². The lowest BCUT2D eigenvalue weighted by atomic mass is 10.3. The lowest BCUT2D eigenvalue weighted by Crippen LogP contribution is -2.16. The van der Waals surface area contributed by atoms with Crippen molar-refractivity contribution in [1.82, 2.24) is 9.55 Å². The van der Waals surface area contributed by atoms with Crippen molar-refractivity contribution in [2.75, 3.05) is 11.0 Å². The minimum Gasteiger partial charge on any atom is -0.325 e. The number of aromatic nitrogens is 2. The second-order valence-electron chi connectivity index (χ2n) is 4.69. The van der Waals surface area contributed by atoms with E-state index in [0.29, 0.717) is 5.82 Å². The third-order valence-electron chi connectivity index (χ3n) is 3.01. The summed E-state index contributed by atoms with van der Waals surface area (Å²) in [6.45, 7) is 1.66. The molecule has 120 valence electrons. The van der Waals surface area contributed by atoms with E-state index in [0.717, 1.165) is 6.26 Å². The van der Waals surface area contributed by atoms with Gasteiger partial charge in [0.15, 0.2) is 9.84 Å². The minimum absolute atomic E-state index is 0.0137. The first-order valence-electron chi connectivity index (χ1n) is 6.05. The molecule has 7 nitrogen and oxygen atoms in total. The predicted octanol–water partition coefficient (Wildman–Crippen LogP) is 1.70. The van der Waals surface area contributed by atoms with Crippen LogP contribution in [0.1, 0.15) is 5.82 Å². The van der Waals surface area contributed by atoms with Crippen LogP contribution in [-0.4, -0.2) is 32.6 Å². The Balaban J connectivity index is 2.53. The van der Waals surface area contributed by atoms with Gasteiger partial charge < -0.3 is 4.57 Å². The molecule has 1 N–H and O–H groups in total. The Kier molecular flexibility index (Phi) is 4.37. The largest absolute Gasteiger partial charge is 0.325 e. The predicted molar refractivity (Wildman–Crippen MR) is 86.0 cm³/mol. The molecule has 10 heteroatoms. The van der Waals surface area contributed by atoms with Crippen molar-refractivity contribution < 1.29 is 16.8 Å². The fourth-order valence-corrected chi connectivity index (χ4v) is 4.86. The summed E-state index contributed by atoms with van der Waals surface area (Å²) in [5.41, 5.74) is -0.0137. The summed E-state index contributed by atoms with van der Waals surface area (Å²) in [5, 5.41) is -0.198. The molecule has 0 aliphatic carbocycles. The van der Waals surface area contributed by atoms with E-state index in [9.17, 15) is 16.8 Å². The zero-order valence-corrected chi connectivity index (χ0v) is 15.3. The molecule has 0 bridgehead atoms. The van der Waals surface area contributed by atoms with Crippen molar-refractivity contribution in [3.05, 3.63) is 34.7 Å². The second-order valence-corrected chi connectivity index (χ2v) is 9.02. The van der Waals surface area contributed by atoms with Crippen LogP contribution in [0.2, 0.25) is 0 Å². The van der Waals surface area contributed by atoms with Crippen molar-refractivity contribution in [2.45, 2.75) is 16.8 Å². The van der Waals surface area contributed by atoms with Gasteiger partial charge in [-0.05, 0) is 35.0 Å². The molecule has 1 aromatic carbocycles. The third-order valence-corrected chi connectivity index (χ3v) is 6.61. The number of sulfonamides is 1. The SMILES string of the molecule is Cc1nc(S(=O)(=O)Nc2ccccc2S(C)(=O)=O)c(Br)n1C. The highest BCUT2D eigenvalue weighted by atomic mass is 79.9. The van der Waals surface area contributed by atoms with Crippen LogP contribution in [0.5, 0.6) is 0 Å². The van der Waals surface area contributed by atoms with Gasteiger partial charge in [0.05, 0.1) is 10.6 Å². The highest BCUT2D eigenvalue weighted by molar-refractivity contribution is 9.10. The summed E-state index contributed by atoms with van der Waals surface area (Å²) in [4.78, 5) is 3.89. The highest BCUT2D eigenvalue weighted by Crippen LogP contribution is 2.27. The van der Waals surface area contributed by atoms with Crippen LogP contribution >= 0.6 is 15.9 Å². The number of nitrogens with one attached hydrogen (secondary N) is 1. The Hall–Kier alpha value is -1.39. The van der Waals surface area contributed by atoms with Gasteiger partial charge in [0.25, 0.3) is 10.0 Å².